The molecule has 1 aromatic carbocycles. The normalized spacial score (nSPS) is 18.8. The zero-order valence-electron chi connectivity index (χ0n) is 17.9. The maximum absolute atomic E-state index is 13.5. The summed E-state index contributed by atoms with van der Waals surface area (Å²) in [5.74, 6) is 0.330. The van der Waals surface area contributed by atoms with Crippen LogP contribution in [0.1, 0.15) is 39.5 Å². The van der Waals surface area contributed by atoms with Crippen molar-refractivity contribution in [3.05, 3.63) is 24.3 Å². The number of carbonyl (C=O) groups is 3. The number of likely N-dealkylation sites (N-methyl/N-ethyl adjacent to an activating group) is 1. The number of hydrogen-bond donors (Lipinski definition) is 1. The lowest BCUT2D eigenvalue weighted by Crippen LogP contribution is -2.63. The predicted octanol–water partition coefficient (Wildman–Crippen LogP) is 2.33. The highest BCUT2D eigenvalue weighted by Gasteiger charge is 2.48. The third-order valence-corrected chi connectivity index (χ3v) is 6.21. The van der Waals surface area contributed by atoms with Crippen molar-refractivity contribution in [1.82, 2.24) is 9.80 Å². The topological polar surface area (TPSA) is 73.0 Å². The summed E-state index contributed by atoms with van der Waals surface area (Å²) < 4.78 is 0. The van der Waals surface area contributed by atoms with E-state index in [9.17, 15) is 14.4 Å². The monoisotopic (exact) mass is 400 g/mol. The number of amides is 3. The van der Waals surface area contributed by atoms with E-state index in [0.717, 1.165) is 17.8 Å². The van der Waals surface area contributed by atoms with Crippen LogP contribution in [0.15, 0.2) is 24.3 Å². The second kappa shape index (κ2) is 8.43. The summed E-state index contributed by atoms with van der Waals surface area (Å²) in [5.41, 5.74) is 0.820. The van der Waals surface area contributed by atoms with Crippen LogP contribution < -0.4 is 10.2 Å². The fourth-order valence-electron chi connectivity index (χ4n) is 3.98. The predicted molar refractivity (Wildman–Crippen MR) is 114 cm³/mol. The van der Waals surface area contributed by atoms with E-state index in [4.69, 9.17) is 0 Å². The molecule has 7 heteroatoms. The highest BCUT2D eigenvalue weighted by atomic mass is 16.2. The summed E-state index contributed by atoms with van der Waals surface area (Å²) >= 11 is 0. The van der Waals surface area contributed by atoms with Gasteiger partial charge in [-0.05, 0) is 30.9 Å². The Hall–Kier alpha value is -2.57. The van der Waals surface area contributed by atoms with Crippen molar-refractivity contribution in [2.24, 2.45) is 5.92 Å². The van der Waals surface area contributed by atoms with Gasteiger partial charge in [0.05, 0.1) is 11.4 Å². The molecule has 0 radical (unpaired) electrons. The lowest BCUT2D eigenvalue weighted by molar-refractivity contribution is -0.136. The second-order valence-corrected chi connectivity index (χ2v) is 8.50. The van der Waals surface area contributed by atoms with Gasteiger partial charge in [-0.15, -0.1) is 0 Å². The molecule has 3 rings (SSSR count). The lowest BCUT2D eigenvalue weighted by atomic mass is 9.83. The zero-order valence-corrected chi connectivity index (χ0v) is 17.9. The highest BCUT2D eigenvalue weighted by molar-refractivity contribution is 6.10. The van der Waals surface area contributed by atoms with Gasteiger partial charge >= 0.3 is 0 Å². The number of benzene rings is 1. The van der Waals surface area contributed by atoms with Gasteiger partial charge in [-0.25, -0.2) is 0 Å². The molecule has 0 unspecified atom stereocenters. The fraction of sp³-hybridized carbons (Fsp3) is 0.591. The molecular weight excluding hydrogens is 368 g/mol. The zero-order chi connectivity index (χ0) is 21.2. The summed E-state index contributed by atoms with van der Waals surface area (Å²) in [6.07, 6.45) is 2.62. The molecule has 1 N–H and O–H groups in total. The van der Waals surface area contributed by atoms with Crippen LogP contribution in [0.3, 0.4) is 0 Å². The molecule has 2 heterocycles. The van der Waals surface area contributed by atoms with Gasteiger partial charge in [0.15, 0.2) is 0 Å². The number of fused-ring (bicyclic) bond motifs is 1. The number of rotatable bonds is 5. The van der Waals surface area contributed by atoms with Crippen LogP contribution in [0.2, 0.25) is 0 Å². The third-order valence-electron chi connectivity index (χ3n) is 6.21. The Balaban J connectivity index is 1.79. The minimum atomic E-state index is -0.770. The van der Waals surface area contributed by atoms with Gasteiger partial charge in [-0.1, -0.05) is 32.4 Å². The Morgan fingerprint density at radius 3 is 2.48 bits per heavy atom. The van der Waals surface area contributed by atoms with Crippen LogP contribution in [-0.2, 0) is 14.4 Å². The van der Waals surface area contributed by atoms with E-state index in [1.807, 2.05) is 29.2 Å². The van der Waals surface area contributed by atoms with Crippen molar-refractivity contribution in [2.75, 3.05) is 43.9 Å². The Bertz CT molecular complexity index is 784. The SMILES string of the molecule is CC[C@H](C)CC(=O)N1CCC2(CC1)Nc1ccccc1N(CC(=O)N(C)C)C2=O. The molecule has 3 amide bonds. The molecule has 1 aromatic rings. The van der Waals surface area contributed by atoms with E-state index in [0.29, 0.717) is 38.3 Å². The summed E-state index contributed by atoms with van der Waals surface area (Å²) in [4.78, 5) is 43.4. The molecule has 29 heavy (non-hydrogen) atoms. The maximum atomic E-state index is 13.5. The Morgan fingerprint density at radius 1 is 1.21 bits per heavy atom. The summed E-state index contributed by atoms with van der Waals surface area (Å²) in [5, 5.41) is 3.45. The van der Waals surface area contributed by atoms with E-state index < -0.39 is 5.54 Å². The first-order valence-corrected chi connectivity index (χ1v) is 10.4. The number of carbonyl (C=O) groups excluding carboxylic acids is 3. The van der Waals surface area contributed by atoms with Gasteiger partial charge in [0.2, 0.25) is 11.8 Å². The van der Waals surface area contributed by atoms with Crippen molar-refractivity contribution in [1.29, 1.82) is 0 Å². The minimum absolute atomic E-state index is 0.0168. The van der Waals surface area contributed by atoms with Gasteiger partial charge in [0, 0.05) is 33.6 Å². The minimum Gasteiger partial charge on any atom is -0.369 e. The van der Waals surface area contributed by atoms with Crippen LogP contribution >= 0.6 is 0 Å². The van der Waals surface area contributed by atoms with Crippen LogP contribution in [-0.4, -0.2) is 66.8 Å². The molecule has 0 aliphatic carbocycles. The van der Waals surface area contributed by atoms with Gasteiger partial charge < -0.3 is 15.1 Å². The average molecular weight is 401 g/mol. The molecule has 2 aliphatic rings. The van der Waals surface area contributed by atoms with Crippen LogP contribution in [0.5, 0.6) is 0 Å². The highest BCUT2D eigenvalue weighted by Crippen LogP contribution is 2.40. The molecule has 1 fully saturated rings. The largest absolute Gasteiger partial charge is 0.369 e. The number of nitrogens with zero attached hydrogens (tertiary/aromatic N) is 3. The molecule has 0 aromatic heterocycles. The molecule has 158 valence electrons. The standard InChI is InChI=1S/C22H32N4O3/c1-5-16(2)14-19(27)25-12-10-22(11-13-25)21(29)26(15-20(28)24(3)4)18-9-7-6-8-17(18)23-22/h6-9,16,23H,5,10-15H2,1-4H3/t16-/m0/s1. The first kappa shape index (κ1) is 21.1. The number of para-hydroxylation sites is 2. The summed E-state index contributed by atoms with van der Waals surface area (Å²) in [7, 11) is 3.39. The van der Waals surface area contributed by atoms with Crippen molar-refractivity contribution in [2.45, 2.75) is 45.1 Å². The maximum Gasteiger partial charge on any atom is 0.253 e. The molecule has 0 saturated carbocycles. The van der Waals surface area contributed by atoms with Gasteiger partial charge in [-0.3, -0.25) is 19.3 Å². The smallest absolute Gasteiger partial charge is 0.253 e. The number of likely N-dealkylation sites (tertiary alicyclic amines) is 1. The quantitative estimate of drug-likeness (QED) is 0.823. The van der Waals surface area contributed by atoms with E-state index in [1.54, 1.807) is 19.0 Å². The summed E-state index contributed by atoms with van der Waals surface area (Å²) in [6, 6.07) is 7.60. The van der Waals surface area contributed by atoms with Gasteiger partial charge in [0.1, 0.15) is 12.1 Å². The number of piperidine rings is 1. The molecule has 1 atom stereocenters. The van der Waals surface area contributed by atoms with Crippen LogP contribution in [0, 0.1) is 5.92 Å². The Labute approximate surface area is 173 Å². The average Bonchev–Trinajstić information content (AvgIpc) is 2.71. The molecule has 7 nitrogen and oxygen atoms in total. The molecule has 1 saturated heterocycles. The molecule has 2 aliphatic heterocycles. The van der Waals surface area contributed by atoms with E-state index in [1.165, 1.54) is 4.90 Å². The van der Waals surface area contributed by atoms with Crippen molar-refractivity contribution in [3.63, 3.8) is 0 Å². The van der Waals surface area contributed by atoms with Crippen LogP contribution in [0.4, 0.5) is 11.4 Å². The van der Waals surface area contributed by atoms with Crippen molar-refractivity contribution in [3.8, 4) is 0 Å². The van der Waals surface area contributed by atoms with Crippen molar-refractivity contribution >= 4 is 29.1 Å². The van der Waals surface area contributed by atoms with Crippen molar-refractivity contribution < 1.29 is 14.4 Å². The Kier molecular flexibility index (Phi) is 6.15. The first-order valence-electron chi connectivity index (χ1n) is 10.4. The third kappa shape index (κ3) is 4.23. The van der Waals surface area contributed by atoms with Gasteiger partial charge in [-0.2, -0.15) is 0 Å². The molecular formula is C22H32N4O3. The summed E-state index contributed by atoms with van der Waals surface area (Å²) in [6.45, 7) is 5.29. The second-order valence-electron chi connectivity index (χ2n) is 8.50. The molecule has 0 bridgehead atoms. The van der Waals surface area contributed by atoms with E-state index >= 15 is 0 Å². The van der Waals surface area contributed by atoms with E-state index in [-0.39, 0.29) is 24.3 Å². The van der Waals surface area contributed by atoms with E-state index in [2.05, 4.69) is 19.2 Å². The van der Waals surface area contributed by atoms with Crippen LogP contribution in [0.25, 0.3) is 0 Å². The van der Waals surface area contributed by atoms with Gasteiger partial charge in [0.25, 0.3) is 5.91 Å². The number of hydrogen-bond acceptors (Lipinski definition) is 4. The fourth-order valence-corrected chi connectivity index (χ4v) is 3.98. The molecule has 1 spiro atoms. The first-order chi connectivity index (χ1) is 13.8. The number of nitrogens with one attached hydrogen (secondary N) is 1. The lowest BCUT2D eigenvalue weighted by Gasteiger charge is -2.47. The number of anilines is 2. The Morgan fingerprint density at radius 2 is 1.86 bits per heavy atom.